The third kappa shape index (κ3) is 1.95. The summed E-state index contributed by atoms with van der Waals surface area (Å²) in [5.41, 5.74) is 2.22. The predicted molar refractivity (Wildman–Crippen MR) is 74.8 cm³/mol. The molecular weight excluding hydrogens is 256 g/mol. The third-order valence-electron chi connectivity index (χ3n) is 3.65. The van der Waals surface area contributed by atoms with Gasteiger partial charge in [0, 0.05) is 0 Å². The van der Waals surface area contributed by atoms with Crippen molar-refractivity contribution in [1.29, 1.82) is 0 Å². The maximum Gasteiger partial charge on any atom is 0.335 e. The fourth-order valence-corrected chi connectivity index (χ4v) is 2.59. The van der Waals surface area contributed by atoms with E-state index in [4.69, 9.17) is 10.2 Å². The molecule has 0 aromatic heterocycles. The first-order valence-corrected chi connectivity index (χ1v) is 6.26. The zero-order valence-electron chi connectivity index (χ0n) is 10.5. The SMILES string of the molecule is O=C(O)c1ccc2c3c(ccc2c1)CC(C(=O)O)C=C3. The van der Waals surface area contributed by atoms with Gasteiger partial charge >= 0.3 is 11.9 Å². The Kier molecular flexibility index (Phi) is 2.79. The van der Waals surface area contributed by atoms with Crippen LogP contribution in [0.1, 0.15) is 21.5 Å². The van der Waals surface area contributed by atoms with Crippen molar-refractivity contribution in [3.63, 3.8) is 0 Å². The highest BCUT2D eigenvalue weighted by Gasteiger charge is 2.21. The minimum absolute atomic E-state index is 0.251. The summed E-state index contributed by atoms with van der Waals surface area (Å²) in [6.07, 6.45) is 3.98. The summed E-state index contributed by atoms with van der Waals surface area (Å²) in [7, 11) is 0. The molecule has 1 aliphatic rings. The Morgan fingerprint density at radius 3 is 2.60 bits per heavy atom. The maximum absolute atomic E-state index is 11.0. The summed E-state index contributed by atoms with van der Waals surface area (Å²) in [5, 5.41) is 19.9. The highest BCUT2D eigenvalue weighted by molar-refractivity contribution is 5.98. The predicted octanol–water partition coefficient (Wildman–Crippen LogP) is 2.81. The molecule has 0 aliphatic heterocycles. The molecule has 20 heavy (non-hydrogen) atoms. The second-order valence-corrected chi connectivity index (χ2v) is 4.89. The van der Waals surface area contributed by atoms with Crippen LogP contribution >= 0.6 is 0 Å². The van der Waals surface area contributed by atoms with Crippen LogP contribution < -0.4 is 0 Å². The van der Waals surface area contributed by atoms with Crippen molar-refractivity contribution >= 4 is 28.8 Å². The Morgan fingerprint density at radius 2 is 1.90 bits per heavy atom. The van der Waals surface area contributed by atoms with Crippen molar-refractivity contribution in [1.82, 2.24) is 0 Å². The number of benzene rings is 2. The first-order chi connectivity index (χ1) is 9.56. The van der Waals surface area contributed by atoms with Crippen molar-refractivity contribution in [3.05, 3.63) is 53.1 Å². The summed E-state index contributed by atoms with van der Waals surface area (Å²) in [6, 6.07) is 8.71. The van der Waals surface area contributed by atoms with Crippen molar-refractivity contribution in [2.24, 2.45) is 5.92 Å². The molecule has 2 N–H and O–H groups in total. The molecule has 1 atom stereocenters. The van der Waals surface area contributed by atoms with Gasteiger partial charge in [0.15, 0.2) is 0 Å². The molecule has 4 nitrogen and oxygen atoms in total. The van der Waals surface area contributed by atoms with Crippen LogP contribution in [0, 0.1) is 5.92 Å². The van der Waals surface area contributed by atoms with Gasteiger partial charge in [-0.3, -0.25) is 4.79 Å². The van der Waals surface area contributed by atoms with Gasteiger partial charge in [-0.05, 0) is 40.5 Å². The number of hydrogen-bond donors (Lipinski definition) is 2. The van der Waals surface area contributed by atoms with E-state index in [0.29, 0.717) is 6.42 Å². The molecule has 100 valence electrons. The van der Waals surface area contributed by atoms with Gasteiger partial charge < -0.3 is 10.2 Å². The molecule has 0 radical (unpaired) electrons. The molecule has 1 aliphatic carbocycles. The summed E-state index contributed by atoms with van der Waals surface area (Å²) in [6.45, 7) is 0. The average Bonchev–Trinajstić information content (AvgIpc) is 2.45. The summed E-state index contributed by atoms with van der Waals surface area (Å²) >= 11 is 0. The standard InChI is InChI=1S/C16H12O4/c17-15(18)11-3-5-13-9(7-11)1-2-10-8-12(16(19)20)4-6-14(10)13/h1-7,12H,8H2,(H,17,18)(H,19,20). The molecule has 0 spiro atoms. The first-order valence-electron chi connectivity index (χ1n) is 6.26. The fourth-order valence-electron chi connectivity index (χ4n) is 2.59. The summed E-state index contributed by atoms with van der Waals surface area (Å²) < 4.78 is 0. The molecule has 0 heterocycles. The first kappa shape index (κ1) is 12.4. The fraction of sp³-hybridized carbons (Fsp3) is 0.125. The van der Waals surface area contributed by atoms with Crippen molar-refractivity contribution in [2.75, 3.05) is 0 Å². The van der Waals surface area contributed by atoms with E-state index in [2.05, 4.69) is 0 Å². The molecule has 0 saturated heterocycles. The normalized spacial score (nSPS) is 16.9. The Bertz CT molecular complexity index is 758. The lowest BCUT2D eigenvalue weighted by atomic mass is 9.86. The van der Waals surface area contributed by atoms with Gasteiger partial charge in [0.05, 0.1) is 11.5 Å². The lowest BCUT2D eigenvalue weighted by Gasteiger charge is -2.18. The number of aliphatic carboxylic acids is 1. The van der Waals surface area contributed by atoms with E-state index in [9.17, 15) is 9.59 Å². The number of aromatic carboxylic acids is 1. The Balaban J connectivity index is 2.14. The highest BCUT2D eigenvalue weighted by Crippen LogP contribution is 2.30. The Labute approximate surface area is 115 Å². The number of fused-ring (bicyclic) bond motifs is 3. The number of carbonyl (C=O) groups is 2. The van der Waals surface area contributed by atoms with E-state index in [1.54, 1.807) is 24.3 Å². The second-order valence-electron chi connectivity index (χ2n) is 4.89. The van der Waals surface area contributed by atoms with Gasteiger partial charge in [-0.25, -0.2) is 4.79 Å². The van der Waals surface area contributed by atoms with Gasteiger partial charge in [0.25, 0.3) is 0 Å². The molecule has 4 heteroatoms. The van der Waals surface area contributed by atoms with Crippen LogP contribution in [0.5, 0.6) is 0 Å². The minimum Gasteiger partial charge on any atom is -0.481 e. The van der Waals surface area contributed by atoms with Crippen LogP contribution in [0.25, 0.3) is 16.8 Å². The number of hydrogen-bond acceptors (Lipinski definition) is 2. The average molecular weight is 268 g/mol. The molecule has 0 saturated carbocycles. The lowest BCUT2D eigenvalue weighted by Crippen LogP contribution is -2.16. The van der Waals surface area contributed by atoms with Crippen molar-refractivity contribution in [2.45, 2.75) is 6.42 Å². The zero-order chi connectivity index (χ0) is 14.3. The van der Waals surface area contributed by atoms with Crippen LogP contribution in [0.4, 0.5) is 0 Å². The molecule has 0 fully saturated rings. The largest absolute Gasteiger partial charge is 0.481 e. The van der Waals surface area contributed by atoms with E-state index in [0.717, 1.165) is 21.9 Å². The third-order valence-corrected chi connectivity index (χ3v) is 3.65. The van der Waals surface area contributed by atoms with Gasteiger partial charge in [0.1, 0.15) is 0 Å². The number of rotatable bonds is 2. The number of carboxylic acids is 2. The van der Waals surface area contributed by atoms with E-state index in [-0.39, 0.29) is 5.56 Å². The molecule has 2 aromatic rings. The smallest absolute Gasteiger partial charge is 0.335 e. The van der Waals surface area contributed by atoms with Crippen LogP contribution in [0.2, 0.25) is 0 Å². The second kappa shape index (κ2) is 4.49. The van der Waals surface area contributed by atoms with Gasteiger partial charge in [0.2, 0.25) is 0 Å². The maximum atomic E-state index is 11.0. The van der Waals surface area contributed by atoms with Crippen LogP contribution in [0.15, 0.2) is 36.4 Å². The molecular formula is C16H12O4. The van der Waals surface area contributed by atoms with Gasteiger partial charge in [-0.2, -0.15) is 0 Å². The minimum atomic E-state index is -0.953. The van der Waals surface area contributed by atoms with Gasteiger partial charge in [-0.1, -0.05) is 30.4 Å². The van der Waals surface area contributed by atoms with Crippen LogP contribution in [-0.2, 0) is 11.2 Å². The number of carboxylic acid groups (broad SMARTS) is 2. The lowest BCUT2D eigenvalue weighted by molar-refractivity contribution is -0.140. The molecule has 0 bridgehead atoms. The summed E-state index contributed by atoms with van der Waals surface area (Å²) in [5.74, 6) is -2.27. The molecule has 2 aromatic carbocycles. The topological polar surface area (TPSA) is 74.6 Å². The van der Waals surface area contributed by atoms with Gasteiger partial charge in [-0.15, -0.1) is 0 Å². The monoisotopic (exact) mass is 268 g/mol. The molecule has 0 amide bonds. The van der Waals surface area contributed by atoms with Crippen molar-refractivity contribution in [3.8, 4) is 0 Å². The van der Waals surface area contributed by atoms with Crippen LogP contribution in [0.3, 0.4) is 0 Å². The molecule has 1 unspecified atom stereocenters. The Morgan fingerprint density at radius 1 is 1.10 bits per heavy atom. The molecule has 3 rings (SSSR count). The zero-order valence-corrected chi connectivity index (χ0v) is 10.5. The van der Waals surface area contributed by atoms with Crippen LogP contribution in [-0.4, -0.2) is 22.2 Å². The van der Waals surface area contributed by atoms with Crippen molar-refractivity contribution < 1.29 is 19.8 Å². The van der Waals surface area contributed by atoms with E-state index in [1.807, 2.05) is 18.2 Å². The summed E-state index contributed by atoms with van der Waals surface area (Å²) in [4.78, 5) is 22.0. The van der Waals surface area contributed by atoms with E-state index >= 15 is 0 Å². The highest BCUT2D eigenvalue weighted by atomic mass is 16.4. The Hall–Kier alpha value is -2.62. The van der Waals surface area contributed by atoms with E-state index in [1.165, 1.54) is 0 Å². The van der Waals surface area contributed by atoms with E-state index < -0.39 is 17.9 Å². The quantitative estimate of drug-likeness (QED) is 0.878.